The lowest BCUT2D eigenvalue weighted by atomic mass is 9.69. The number of nitrogens with zero attached hydrogens (tertiary/aromatic N) is 4. The summed E-state index contributed by atoms with van der Waals surface area (Å²) in [7, 11) is 0. The van der Waals surface area contributed by atoms with Crippen LogP contribution in [-0.4, -0.2) is 33.5 Å². The largest absolute Gasteiger partial charge is 0.454 e. The van der Waals surface area contributed by atoms with Gasteiger partial charge in [0.25, 0.3) is 0 Å². The molecule has 2 aliphatic carbocycles. The summed E-state index contributed by atoms with van der Waals surface area (Å²) in [6.45, 7) is 3.41. The maximum Gasteiger partial charge on any atom is 0.231 e. The van der Waals surface area contributed by atoms with Crippen molar-refractivity contribution in [2.45, 2.75) is 69.4 Å². The molecular formula is C20H27N5O2. The second-order valence-corrected chi connectivity index (χ2v) is 8.22. The predicted molar refractivity (Wildman–Crippen MR) is 99.8 cm³/mol. The van der Waals surface area contributed by atoms with Crippen molar-refractivity contribution in [2.75, 3.05) is 13.3 Å². The first-order valence-corrected chi connectivity index (χ1v) is 10.2. The molecule has 1 N–H and O–H groups in total. The van der Waals surface area contributed by atoms with Crippen LogP contribution in [0.2, 0.25) is 0 Å². The number of fused-ring (bicyclic) bond motifs is 1. The van der Waals surface area contributed by atoms with E-state index in [2.05, 4.69) is 46.0 Å². The molecule has 144 valence electrons. The quantitative estimate of drug-likeness (QED) is 0.842. The molecule has 0 radical (unpaired) electrons. The van der Waals surface area contributed by atoms with Crippen molar-refractivity contribution >= 4 is 0 Å². The zero-order valence-electron chi connectivity index (χ0n) is 15.9. The normalized spacial score (nSPS) is 22.0. The Morgan fingerprint density at radius 3 is 2.81 bits per heavy atom. The molecule has 0 spiro atoms. The Labute approximate surface area is 159 Å². The minimum Gasteiger partial charge on any atom is -0.454 e. The van der Waals surface area contributed by atoms with E-state index >= 15 is 0 Å². The van der Waals surface area contributed by atoms with Gasteiger partial charge in [0.2, 0.25) is 6.79 Å². The van der Waals surface area contributed by atoms with Crippen LogP contribution in [0, 0.1) is 0 Å². The third-order valence-corrected chi connectivity index (χ3v) is 6.34. The van der Waals surface area contributed by atoms with Gasteiger partial charge in [-0.1, -0.05) is 25.3 Å². The molecule has 2 aromatic rings. The number of ether oxygens (including phenoxy) is 2. The standard InChI is InChI=1S/C20H27N5O2/c1-14(19-22-23-24-25(19)16-6-7-16)21-12-20(9-3-2-4-10-20)15-5-8-17-18(11-15)27-13-26-17/h5,8,11,14,16,21H,2-4,6-7,9-10,12-13H2,1H3. The van der Waals surface area contributed by atoms with Gasteiger partial charge in [0.15, 0.2) is 17.3 Å². The minimum atomic E-state index is 0.130. The van der Waals surface area contributed by atoms with E-state index in [0.29, 0.717) is 12.8 Å². The number of tetrazole rings is 1. The van der Waals surface area contributed by atoms with Gasteiger partial charge in [-0.2, -0.15) is 0 Å². The molecule has 7 heteroatoms. The molecule has 1 aromatic carbocycles. The van der Waals surface area contributed by atoms with Gasteiger partial charge in [-0.25, -0.2) is 4.68 Å². The van der Waals surface area contributed by atoms with Gasteiger partial charge in [-0.15, -0.1) is 5.10 Å². The summed E-state index contributed by atoms with van der Waals surface area (Å²) in [5, 5.41) is 16.1. The van der Waals surface area contributed by atoms with Crippen molar-refractivity contribution < 1.29 is 9.47 Å². The van der Waals surface area contributed by atoms with Gasteiger partial charge < -0.3 is 14.8 Å². The summed E-state index contributed by atoms with van der Waals surface area (Å²) in [5.41, 5.74) is 1.48. The van der Waals surface area contributed by atoms with Gasteiger partial charge in [-0.05, 0) is 60.7 Å². The fraction of sp³-hybridized carbons (Fsp3) is 0.650. The van der Waals surface area contributed by atoms with Gasteiger partial charge >= 0.3 is 0 Å². The summed E-state index contributed by atoms with van der Waals surface area (Å²) >= 11 is 0. The predicted octanol–water partition coefficient (Wildman–Crippen LogP) is 3.29. The van der Waals surface area contributed by atoms with Crippen LogP contribution < -0.4 is 14.8 Å². The molecule has 2 fully saturated rings. The van der Waals surface area contributed by atoms with E-state index in [1.54, 1.807) is 0 Å². The summed E-state index contributed by atoms with van der Waals surface area (Å²) in [6, 6.07) is 7.10. The van der Waals surface area contributed by atoms with Crippen LogP contribution >= 0.6 is 0 Å². The number of nitrogens with one attached hydrogen (secondary N) is 1. The number of rotatable bonds is 6. The molecule has 3 aliphatic rings. The zero-order chi connectivity index (χ0) is 18.3. The van der Waals surface area contributed by atoms with Crippen LogP contribution in [0.4, 0.5) is 0 Å². The number of hydrogen-bond donors (Lipinski definition) is 1. The van der Waals surface area contributed by atoms with Crippen molar-refractivity contribution in [1.29, 1.82) is 0 Å². The van der Waals surface area contributed by atoms with Crippen LogP contribution in [0.25, 0.3) is 0 Å². The topological polar surface area (TPSA) is 74.1 Å². The van der Waals surface area contributed by atoms with Crippen molar-refractivity contribution in [3.63, 3.8) is 0 Å². The monoisotopic (exact) mass is 369 g/mol. The fourth-order valence-electron chi connectivity index (χ4n) is 4.53. The van der Waals surface area contributed by atoms with Crippen molar-refractivity contribution in [3.05, 3.63) is 29.6 Å². The molecule has 2 heterocycles. The van der Waals surface area contributed by atoms with Gasteiger partial charge in [0.1, 0.15) is 0 Å². The lowest BCUT2D eigenvalue weighted by Gasteiger charge is -2.39. The maximum atomic E-state index is 5.64. The Bertz CT molecular complexity index is 810. The average Bonchev–Trinajstić information content (AvgIpc) is 3.24. The summed E-state index contributed by atoms with van der Waals surface area (Å²) in [5.74, 6) is 2.69. The molecule has 0 saturated heterocycles. The summed E-state index contributed by atoms with van der Waals surface area (Å²) in [4.78, 5) is 0. The molecule has 1 unspecified atom stereocenters. The summed E-state index contributed by atoms with van der Waals surface area (Å²) in [6.07, 6.45) is 8.62. The van der Waals surface area contributed by atoms with Crippen LogP contribution in [-0.2, 0) is 5.41 Å². The molecular weight excluding hydrogens is 342 g/mol. The fourth-order valence-corrected chi connectivity index (χ4v) is 4.53. The molecule has 7 nitrogen and oxygen atoms in total. The number of hydrogen-bond acceptors (Lipinski definition) is 6. The van der Waals surface area contributed by atoms with E-state index in [4.69, 9.17) is 9.47 Å². The maximum absolute atomic E-state index is 5.64. The molecule has 5 rings (SSSR count). The number of benzene rings is 1. The van der Waals surface area contributed by atoms with E-state index < -0.39 is 0 Å². The minimum absolute atomic E-state index is 0.130. The first-order valence-electron chi connectivity index (χ1n) is 10.2. The van der Waals surface area contributed by atoms with Crippen LogP contribution in [0.1, 0.15) is 75.3 Å². The molecule has 1 aliphatic heterocycles. The molecule has 1 atom stereocenters. The SMILES string of the molecule is CC(NCC1(c2ccc3c(c2)OCO3)CCCCC1)c1nnnn1C1CC1. The van der Waals surface area contributed by atoms with Crippen LogP contribution in [0.3, 0.4) is 0 Å². The van der Waals surface area contributed by atoms with E-state index in [9.17, 15) is 0 Å². The first kappa shape index (κ1) is 17.0. The lowest BCUT2D eigenvalue weighted by Crippen LogP contribution is -2.41. The number of aromatic nitrogens is 4. The lowest BCUT2D eigenvalue weighted by molar-refractivity contribution is 0.173. The van der Waals surface area contributed by atoms with Gasteiger partial charge in [0.05, 0.1) is 12.1 Å². The Balaban J connectivity index is 1.36. The van der Waals surface area contributed by atoms with Gasteiger partial charge in [0, 0.05) is 12.0 Å². The highest BCUT2D eigenvalue weighted by atomic mass is 16.7. The van der Waals surface area contributed by atoms with E-state index in [1.807, 2.05) is 4.68 Å². The third-order valence-electron chi connectivity index (χ3n) is 6.34. The highest BCUT2D eigenvalue weighted by molar-refractivity contribution is 5.47. The first-order chi connectivity index (χ1) is 13.3. The second kappa shape index (κ2) is 6.78. The molecule has 0 bridgehead atoms. The van der Waals surface area contributed by atoms with Gasteiger partial charge in [-0.3, -0.25) is 0 Å². The Morgan fingerprint density at radius 1 is 1.19 bits per heavy atom. The van der Waals surface area contributed by atoms with E-state index in [0.717, 1.165) is 23.9 Å². The Morgan fingerprint density at radius 2 is 2.00 bits per heavy atom. The Hall–Kier alpha value is -2.15. The molecule has 2 saturated carbocycles. The second-order valence-electron chi connectivity index (χ2n) is 8.22. The van der Waals surface area contributed by atoms with Crippen LogP contribution in [0.15, 0.2) is 18.2 Å². The van der Waals surface area contributed by atoms with Crippen molar-refractivity contribution in [2.24, 2.45) is 0 Å². The Kier molecular flexibility index (Phi) is 4.27. The molecule has 27 heavy (non-hydrogen) atoms. The van der Waals surface area contributed by atoms with E-state index in [1.165, 1.54) is 50.5 Å². The van der Waals surface area contributed by atoms with Crippen molar-refractivity contribution in [1.82, 2.24) is 25.5 Å². The van der Waals surface area contributed by atoms with E-state index in [-0.39, 0.29) is 11.5 Å². The average molecular weight is 369 g/mol. The highest BCUT2D eigenvalue weighted by Gasteiger charge is 2.36. The molecule has 1 aromatic heterocycles. The zero-order valence-corrected chi connectivity index (χ0v) is 15.9. The highest BCUT2D eigenvalue weighted by Crippen LogP contribution is 2.43. The molecule has 0 amide bonds. The smallest absolute Gasteiger partial charge is 0.231 e. The summed E-state index contributed by atoms with van der Waals surface area (Å²) < 4.78 is 13.1. The third kappa shape index (κ3) is 3.18. The van der Waals surface area contributed by atoms with Crippen molar-refractivity contribution in [3.8, 4) is 11.5 Å². The van der Waals surface area contributed by atoms with Crippen LogP contribution in [0.5, 0.6) is 11.5 Å².